The van der Waals surface area contributed by atoms with Gasteiger partial charge in [-0.3, -0.25) is 4.79 Å². The van der Waals surface area contributed by atoms with E-state index in [9.17, 15) is 9.59 Å². The summed E-state index contributed by atoms with van der Waals surface area (Å²) >= 11 is 0. The number of nitrogens with one attached hydrogen (secondary N) is 1. The number of amides is 1. The van der Waals surface area contributed by atoms with Crippen molar-refractivity contribution in [1.29, 1.82) is 0 Å². The first kappa shape index (κ1) is 13.0. The molecule has 4 nitrogen and oxygen atoms in total. The normalized spacial score (nSPS) is 11.1. The van der Waals surface area contributed by atoms with Gasteiger partial charge in [-0.25, -0.2) is 4.79 Å². The van der Waals surface area contributed by atoms with Crippen molar-refractivity contribution in [1.82, 2.24) is 0 Å². The van der Waals surface area contributed by atoms with Gasteiger partial charge in [-0.1, -0.05) is 6.07 Å². The summed E-state index contributed by atoms with van der Waals surface area (Å²) < 4.78 is 0. The van der Waals surface area contributed by atoms with Gasteiger partial charge >= 0.3 is 5.97 Å². The maximum atomic E-state index is 11.5. The molecule has 0 atom stereocenters. The summed E-state index contributed by atoms with van der Waals surface area (Å²) in [7, 11) is 0. The van der Waals surface area contributed by atoms with Gasteiger partial charge in [0.05, 0.1) is 0 Å². The second-order valence-corrected chi connectivity index (χ2v) is 3.92. The van der Waals surface area contributed by atoms with Crippen molar-refractivity contribution in [3.8, 4) is 0 Å². The van der Waals surface area contributed by atoms with E-state index in [0.29, 0.717) is 5.69 Å². The van der Waals surface area contributed by atoms with Gasteiger partial charge in [-0.05, 0) is 44.0 Å². The minimum Gasteiger partial charge on any atom is -0.478 e. The van der Waals surface area contributed by atoms with Crippen molar-refractivity contribution in [3.63, 3.8) is 0 Å². The van der Waals surface area contributed by atoms with Crippen LogP contribution in [-0.4, -0.2) is 17.0 Å². The van der Waals surface area contributed by atoms with E-state index in [4.69, 9.17) is 5.11 Å². The third-order valence-corrected chi connectivity index (χ3v) is 2.46. The van der Waals surface area contributed by atoms with Crippen LogP contribution in [0.4, 0.5) is 5.69 Å². The van der Waals surface area contributed by atoms with E-state index in [1.54, 1.807) is 6.07 Å². The summed E-state index contributed by atoms with van der Waals surface area (Å²) in [5.41, 5.74) is 2.88. The van der Waals surface area contributed by atoms with Crippen LogP contribution in [0.5, 0.6) is 0 Å². The third-order valence-electron chi connectivity index (χ3n) is 2.46. The zero-order chi connectivity index (χ0) is 13.0. The Morgan fingerprint density at radius 2 is 1.88 bits per heavy atom. The molecule has 0 fully saturated rings. The monoisotopic (exact) mass is 233 g/mol. The molecule has 1 rings (SSSR count). The maximum Gasteiger partial charge on any atom is 0.331 e. The summed E-state index contributed by atoms with van der Waals surface area (Å²) in [5.74, 6) is -1.53. The van der Waals surface area contributed by atoms with E-state index < -0.39 is 11.9 Å². The van der Waals surface area contributed by atoms with Crippen LogP contribution in [0, 0.1) is 13.8 Å². The van der Waals surface area contributed by atoms with E-state index in [1.807, 2.05) is 26.0 Å². The molecule has 1 amide bonds. The van der Waals surface area contributed by atoms with Crippen molar-refractivity contribution < 1.29 is 14.7 Å². The lowest BCUT2D eigenvalue weighted by molar-refractivity contribution is -0.132. The molecule has 0 bridgehead atoms. The molecule has 0 aliphatic rings. The largest absolute Gasteiger partial charge is 0.478 e. The summed E-state index contributed by atoms with van der Waals surface area (Å²) in [4.78, 5) is 22.0. The molecule has 0 aliphatic carbocycles. The molecular weight excluding hydrogens is 218 g/mol. The van der Waals surface area contributed by atoms with Gasteiger partial charge in [0.15, 0.2) is 0 Å². The number of carboxylic acids is 1. The Morgan fingerprint density at radius 3 is 2.41 bits per heavy atom. The first-order chi connectivity index (χ1) is 7.90. The van der Waals surface area contributed by atoms with Crippen LogP contribution in [0.25, 0.3) is 0 Å². The fourth-order valence-electron chi connectivity index (χ4n) is 1.26. The molecule has 4 heteroatoms. The molecule has 0 heterocycles. The SMILES string of the molecule is C/C(=C\C(=O)Nc1ccc(C)c(C)c1)C(=O)O. The van der Waals surface area contributed by atoms with Gasteiger partial charge in [0, 0.05) is 17.3 Å². The molecule has 1 aromatic rings. The van der Waals surface area contributed by atoms with Crippen molar-refractivity contribution in [3.05, 3.63) is 41.0 Å². The second-order valence-electron chi connectivity index (χ2n) is 3.92. The predicted molar refractivity (Wildman–Crippen MR) is 65.9 cm³/mol. The highest BCUT2D eigenvalue weighted by Gasteiger charge is 2.05. The van der Waals surface area contributed by atoms with Crippen LogP contribution in [0.3, 0.4) is 0 Å². The van der Waals surface area contributed by atoms with E-state index >= 15 is 0 Å². The summed E-state index contributed by atoms with van der Waals surface area (Å²) in [6.07, 6.45) is 1.07. The van der Waals surface area contributed by atoms with Crippen LogP contribution in [0.1, 0.15) is 18.1 Å². The minimum absolute atomic E-state index is 0.00586. The fraction of sp³-hybridized carbons (Fsp3) is 0.231. The number of aliphatic carboxylic acids is 1. The van der Waals surface area contributed by atoms with Gasteiger partial charge in [0.25, 0.3) is 0 Å². The van der Waals surface area contributed by atoms with E-state index in [1.165, 1.54) is 6.92 Å². The maximum absolute atomic E-state index is 11.5. The van der Waals surface area contributed by atoms with Crippen LogP contribution < -0.4 is 5.32 Å². The average Bonchev–Trinajstić information content (AvgIpc) is 2.23. The Kier molecular flexibility index (Phi) is 4.04. The van der Waals surface area contributed by atoms with Crippen LogP contribution >= 0.6 is 0 Å². The molecule has 0 aliphatic heterocycles. The van der Waals surface area contributed by atoms with Crippen molar-refractivity contribution in [2.24, 2.45) is 0 Å². The van der Waals surface area contributed by atoms with Crippen LogP contribution in [-0.2, 0) is 9.59 Å². The fourth-order valence-corrected chi connectivity index (χ4v) is 1.26. The number of hydrogen-bond acceptors (Lipinski definition) is 2. The number of anilines is 1. The van der Waals surface area contributed by atoms with E-state index in [-0.39, 0.29) is 5.57 Å². The lowest BCUT2D eigenvalue weighted by atomic mass is 10.1. The van der Waals surface area contributed by atoms with Gasteiger partial charge < -0.3 is 10.4 Å². The molecule has 0 aromatic heterocycles. The Hall–Kier alpha value is -2.10. The number of aryl methyl sites for hydroxylation is 2. The number of carbonyl (C=O) groups excluding carboxylic acids is 1. The Bertz CT molecular complexity index is 489. The van der Waals surface area contributed by atoms with Gasteiger partial charge in [0.1, 0.15) is 0 Å². The quantitative estimate of drug-likeness (QED) is 0.787. The van der Waals surface area contributed by atoms with Gasteiger partial charge in [-0.2, -0.15) is 0 Å². The minimum atomic E-state index is -1.10. The molecular formula is C13H15NO3. The first-order valence-electron chi connectivity index (χ1n) is 5.20. The summed E-state index contributed by atoms with van der Waals surface area (Å²) in [5, 5.41) is 11.2. The Balaban J connectivity index is 2.78. The molecule has 0 radical (unpaired) electrons. The first-order valence-corrected chi connectivity index (χ1v) is 5.20. The highest BCUT2D eigenvalue weighted by Crippen LogP contribution is 2.14. The number of carboxylic acid groups (broad SMARTS) is 1. The second kappa shape index (κ2) is 5.30. The van der Waals surface area contributed by atoms with E-state index in [0.717, 1.165) is 17.2 Å². The number of rotatable bonds is 3. The standard InChI is InChI=1S/C13H15NO3/c1-8-4-5-11(6-9(8)2)14-12(15)7-10(3)13(16)17/h4-7H,1-3H3,(H,14,15)(H,16,17)/b10-7+. The zero-order valence-corrected chi connectivity index (χ0v) is 10.1. The predicted octanol–water partition coefficient (Wildman–Crippen LogP) is 2.27. The lowest BCUT2D eigenvalue weighted by Crippen LogP contribution is -2.10. The smallest absolute Gasteiger partial charge is 0.331 e. The topological polar surface area (TPSA) is 66.4 Å². The number of hydrogen-bond donors (Lipinski definition) is 2. The van der Waals surface area contributed by atoms with Gasteiger partial charge in [0.2, 0.25) is 5.91 Å². The average molecular weight is 233 g/mol. The molecule has 0 saturated heterocycles. The molecule has 17 heavy (non-hydrogen) atoms. The highest BCUT2D eigenvalue weighted by molar-refractivity contribution is 6.04. The lowest BCUT2D eigenvalue weighted by Gasteiger charge is -2.05. The zero-order valence-electron chi connectivity index (χ0n) is 10.1. The molecule has 90 valence electrons. The number of benzene rings is 1. The Morgan fingerprint density at radius 1 is 1.24 bits per heavy atom. The molecule has 0 unspecified atom stereocenters. The van der Waals surface area contributed by atoms with Gasteiger partial charge in [-0.15, -0.1) is 0 Å². The molecule has 2 N–H and O–H groups in total. The third kappa shape index (κ3) is 3.75. The number of carbonyl (C=O) groups is 2. The van der Waals surface area contributed by atoms with E-state index in [2.05, 4.69) is 5.32 Å². The van der Waals surface area contributed by atoms with Crippen molar-refractivity contribution in [2.75, 3.05) is 5.32 Å². The molecule has 1 aromatic carbocycles. The molecule has 0 spiro atoms. The summed E-state index contributed by atoms with van der Waals surface area (Å²) in [6.45, 7) is 5.31. The highest BCUT2D eigenvalue weighted by atomic mass is 16.4. The van der Waals surface area contributed by atoms with Crippen LogP contribution in [0.15, 0.2) is 29.8 Å². The Labute approximate surface area is 100.0 Å². The van der Waals surface area contributed by atoms with Crippen molar-refractivity contribution in [2.45, 2.75) is 20.8 Å². The van der Waals surface area contributed by atoms with Crippen LogP contribution in [0.2, 0.25) is 0 Å². The van der Waals surface area contributed by atoms with Crippen molar-refractivity contribution >= 4 is 17.6 Å². The molecule has 0 saturated carbocycles. The summed E-state index contributed by atoms with van der Waals surface area (Å²) in [6, 6.07) is 5.53.